The number of likely N-dealkylation sites (tertiary alicyclic amines) is 1. The van der Waals surface area contributed by atoms with Crippen LogP contribution in [0.25, 0.3) is 5.69 Å². The summed E-state index contributed by atoms with van der Waals surface area (Å²) in [6, 6.07) is 9.25. The Bertz CT molecular complexity index is 765. The van der Waals surface area contributed by atoms with E-state index in [0.717, 1.165) is 48.4 Å². The molecule has 0 atom stereocenters. The van der Waals surface area contributed by atoms with Gasteiger partial charge >= 0.3 is 0 Å². The summed E-state index contributed by atoms with van der Waals surface area (Å²) in [5.41, 5.74) is 2.20. The molecule has 7 heteroatoms. The van der Waals surface area contributed by atoms with Crippen LogP contribution < -0.4 is 5.32 Å². The number of hydrogen-bond acceptors (Lipinski definition) is 5. The Morgan fingerprint density at radius 2 is 2.00 bits per heavy atom. The predicted octanol–water partition coefficient (Wildman–Crippen LogP) is 2.41. The van der Waals surface area contributed by atoms with Crippen LogP contribution in [0.4, 0.5) is 0 Å². The summed E-state index contributed by atoms with van der Waals surface area (Å²) in [5, 5.41) is 12.1. The number of para-hydroxylation sites is 1. The van der Waals surface area contributed by atoms with Crippen LogP contribution in [0, 0.1) is 6.92 Å². The number of hydrogen-bond donors (Lipinski definition) is 1. The third-order valence-electron chi connectivity index (χ3n) is 5.18. The number of rotatable bonds is 6. The van der Waals surface area contributed by atoms with E-state index in [1.54, 1.807) is 6.33 Å². The number of nitrogens with zero attached hydrogens (tertiary/aromatic N) is 4. The molecule has 1 saturated carbocycles. The van der Waals surface area contributed by atoms with Crippen molar-refractivity contribution in [3.63, 3.8) is 0 Å². The molecule has 0 spiro atoms. The maximum atomic E-state index is 12.3. The number of amides is 1. The standard InChI is InChI=1S/C19H25N5OS/c1-14-4-2-3-5-17(14)24-13-20-22-19(24)26-12-18(25)21-15-8-10-23(11-9-15)16-6-7-16/h2-5,13,15-16H,6-12H2,1H3,(H,21,25). The third kappa shape index (κ3) is 4.10. The molecule has 1 aliphatic carbocycles. The van der Waals surface area contributed by atoms with Crippen LogP contribution in [0.3, 0.4) is 0 Å². The zero-order valence-corrected chi connectivity index (χ0v) is 15.9. The smallest absolute Gasteiger partial charge is 0.230 e. The number of aromatic nitrogens is 3. The number of carbonyl (C=O) groups excluding carboxylic acids is 1. The molecule has 2 fully saturated rings. The summed E-state index contributed by atoms with van der Waals surface area (Å²) in [6.45, 7) is 4.29. The van der Waals surface area contributed by atoms with Gasteiger partial charge in [-0.2, -0.15) is 0 Å². The highest BCUT2D eigenvalue weighted by molar-refractivity contribution is 7.99. The van der Waals surface area contributed by atoms with E-state index in [1.807, 2.05) is 22.8 Å². The Hall–Kier alpha value is -1.86. The van der Waals surface area contributed by atoms with E-state index in [-0.39, 0.29) is 5.91 Å². The second-order valence-electron chi connectivity index (χ2n) is 7.17. The number of carbonyl (C=O) groups is 1. The first-order valence-corrected chi connectivity index (χ1v) is 10.3. The molecule has 0 unspecified atom stereocenters. The lowest BCUT2D eigenvalue weighted by Crippen LogP contribution is -2.45. The van der Waals surface area contributed by atoms with Gasteiger partial charge in [-0.3, -0.25) is 9.36 Å². The number of thioether (sulfide) groups is 1. The van der Waals surface area contributed by atoms with Crippen LogP contribution in [-0.2, 0) is 4.79 Å². The molecule has 1 aromatic heterocycles. The van der Waals surface area contributed by atoms with Crippen molar-refractivity contribution in [2.75, 3.05) is 18.8 Å². The summed E-state index contributed by atoms with van der Waals surface area (Å²) in [4.78, 5) is 14.9. The molecule has 4 rings (SSSR count). The Balaban J connectivity index is 1.29. The van der Waals surface area contributed by atoms with Crippen LogP contribution in [0.1, 0.15) is 31.2 Å². The van der Waals surface area contributed by atoms with Gasteiger partial charge in [-0.15, -0.1) is 10.2 Å². The normalized spacial score (nSPS) is 18.8. The number of aryl methyl sites for hydroxylation is 1. The molecule has 138 valence electrons. The molecule has 6 nitrogen and oxygen atoms in total. The van der Waals surface area contributed by atoms with Crippen molar-refractivity contribution in [1.82, 2.24) is 25.0 Å². The average Bonchev–Trinajstić information content (AvgIpc) is 3.39. The van der Waals surface area contributed by atoms with Gasteiger partial charge < -0.3 is 10.2 Å². The van der Waals surface area contributed by atoms with E-state index >= 15 is 0 Å². The molecule has 2 heterocycles. The van der Waals surface area contributed by atoms with E-state index in [4.69, 9.17) is 0 Å². The molecule has 1 aromatic carbocycles. The van der Waals surface area contributed by atoms with Crippen LogP contribution in [-0.4, -0.2) is 56.5 Å². The monoisotopic (exact) mass is 371 g/mol. The molecule has 1 N–H and O–H groups in total. The number of nitrogens with one attached hydrogen (secondary N) is 1. The van der Waals surface area contributed by atoms with Gasteiger partial charge in [-0.1, -0.05) is 30.0 Å². The van der Waals surface area contributed by atoms with Gasteiger partial charge in [0.05, 0.1) is 11.4 Å². The van der Waals surface area contributed by atoms with Crippen LogP contribution in [0.2, 0.25) is 0 Å². The molecule has 0 bridgehead atoms. The minimum absolute atomic E-state index is 0.0826. The first kappa shape index (κ1) is 17.5. The van der Waals surface area contributed by atoms with Gasteiger partial charge in [-0.05, 0) is 44.2 Å². The highest BCUT2D eigenvalue weighted by atomic mass is 32.2. The maximum Gasteiger partial charge on any atom is 0.230 e. The summed E-state index contributed by atoms with van der Waals surface area (Å²) in [6.07, 6.45) is 6.54. The third-order valence-corrected chi connectivity index (χ3v) is 6.12. The average molecular weight is 372 g/mol. The number of benzene rings is 1. The quantitative estimate of drug-likeness (QED) is 0.790. The maximum absolute atomic E-state index is 12.3. The molecular formula is C19H25N5OS. The Labute approximate surface area is 158 Å². The van der Waals surface area contributed by atoms with Crippen LogP contribution in [0.15, 0.2) is 35.7 Å². The fraction of sp³-hybridized carbons (Fsp3) is 0.526. The lowest BCUT2D eigenvalue weighted by molar-refractivity contribution is -0.119. The van der Waals surface area contributed by atoms with Crippen molar-refractivity contribution < 1.29 is 4.79 Å². The minimum atomic E-state index is 0.0826. The van der Waals surface area contributed by atoms with Gasteiger partial charge in [0.2, 0.25) is 5.91 Å². The lowest BCUT2D eigenvalue weighted by Gasteiger charge is -2.32. The highest BCUT2D eigenvalue weighted by Gasteiger charge is 2.32. The van der Waals surface area contributed by atoms with Gasteiger partial charge in [0, 0.05) is 25.2 Å². The second-order valence-corrected chi connectivity index (χ2v) is 8.11. The van der Waals surface area contributed by atoms with Crippen molar-refractivity contribution >= 4 is 17.7 Å². The zero-order valence-electron chi connectivity index (χ0n) is 15.1. The van der Waals surface area contributed by atoms with Crippen molar-refractivity contribution in [2.24, 2.45) is 0 Å². The first-order valence-electron chi connectivity index (χ1n) is 9.33. The van der Waals surface area contributed by atoms with Gasteiger partial charge in [0.25, 0.3) is 0 Å². The molecule has 2 aromatic rings. The van der Waals surface area contributed by atoms with Crippen molar-refractivity contribution in [3.05, 3.63) is 36.2 Å². The molecule has 1 saturated heterocycles. The fourth-order valence-corrected chi connectivity index (χ4v) is 4.30. The number of piperidine rings is 1. The fourth-order valence-electron chi connectivity index (χ4n) is 3.57. The van der Waals surface area contributed by atoms with Gasteiger partial charge in [-0.25, -0.2) is 0 Å². The zero-order chi connectivity index (χ0) is 17.9. The Kier molecular flexibility index (Phi) is 5.26. The van der Waals surface area contributed by atoms with Gasteiger partial charge in [0.1, 0.15) is 6.33 Å². The molecule has 1 amide bonds. The molecule has 26 heavy (non-hydrogen) atoms. The highest BCUT2D eigenvalue weighted by Crippen LogP contribution is 2.29. The topological polar surface area (TPSA) is 63.1 Å². The summed E-state index contributed by atoms with van der Waals surface area (Å²) >= 11 is 1.44. The molecule has 1 aliphatic heterocycles. The van der Waals surface area contributed by atoms with E-state index in [9.17, 15) is 4.79 Å². The second kappa shape index (κ2) is 7.80. The Morgan fingerprint density at radius 3 is 2.73 bits per heavy atom. The summed E-state index contributed by atoms with van der Waals surface area (Å²) in [7, 11) is 0. The van der Waals surface area contributed by atoms with E-state index < -0.39 is 0 Å². The van der Waals surface area contributed by atoms with Gasteiger partial charge in [0.15, 0.2) is 5.16 Å². The van der Waals surface area contributed by atoms with E-state index in [2.05, 4.69) is 33.4 Å². The summed E-state index contributed by atoms with van der Waals surface area (Å²) < 4.78 is 1.95. The van der Waals surface area contributed by atoms with Crippen LogP contribution >= 0.6 is 11.8 Å². The largest absolute Gasteiger partial charge is 0.353 e. The first-order chi connectivity index (χ1) is 12.7. The molecular weight excluding hydrogens is 346 g/mol. The van der Waals surface area contributed by atoms with Crippen molar-refractivity contribution in [3.8, 4) is 5.69 Å². The summed E-state index contributed by atoms with van der Waals surface area (Å²) in [5.74, 6) is 0.451. The SMILES string of the molecule is Cc1ccccc1-n1cnnc1SCC(=O)NC1CCN(C2CC2)CC1. The molecule has 0 radical (unpaired) electrons. The predicted molar refractivity (Wildman–Crippen MR) is 103 cm³/mol. The molecule has 2 aliphatic rings. The Morgan fingerprint density at radius 1 is 1.23 bits per heavy atom. The van der Waals surface area contributed by atoms with Crippen molar-refractivity contribution in [2.45, 2.75) is 49.8 Å². The van der Waals surface area contributed by atoms with Crippen molar-refractivity contribution in [1.29, 1.82) is 0 Å². The van der Waals surface area contributed by atoms with E-state index in [1.165, 1.54) is 24.6 Å². The minimum Gasteiger partial charge on any atom is -0.353 e. The lowest BCUT2D eigenvalue weighted by atomic mass is 10.1. The van der Waals surface area contributed by atoms with E-state index in [0.29, 0.717) is 11.8 Å². The van der Waals surface area contributed by atoms with Crippen LogP contribution in [0.5, 0.6) is 0 Å².